The number of methoxy groups -OCH3 is 1. The molecule has 3 rings (SSSR count). The van der Waals surface area contributed by atoms with Crippen LogP contribution < -0.4 is 10.3 Å². The van der Waals surface area contributed by atoms with Crippen LogP contribution in [0.1, 0.15) is 11.1 Å². The van der Waals surface area contributed by atoms with Gasteiger partial charge >= 0.3 is 0 Å². The molecule has 6 heteroatoms. The maximum atomic E-state index is 13.0. The third kappa shape index (κ3) is 3.53. The van der Waals surface area contributed by atoms with Gasteiger partial charge in [-0.05, 0) is 36.1 Å². The van der Waals surface area contributed by atoms with Gasteiger partial charge in [0.05, 0.1) is 18.4 Å². The summed E-state index contributed by atoms with van der Waals surface area (Å²) in [6.45, 7) is 0. The van der Waals surface area contributed by atoms with Gasteiger partial charge < -0.3 is 9.84 Å². The summed E-state index contributed by atoms with van der Waals surface area (Å²) in [6, 6.07) is 16.7. The highest BCUT2D eigenvalue weighted by Gasteiger charge is 2.17. The number of aromatic nitrogens is 2. The maximum Gasteiger partial charge on any atom is 0.266 e. The van der Waals surface area contributed by atoms with E-state index < -0.39 is 0 Å². The molecule has 0 radical (unpaired) electrons. The number of hydrogen-bond acceptors (Lipinski definition) is 5. The summed E-state index contributed by atoms with van der Waals surface area (Å²) in [5, 5.41) is 10.7. The Morgan fingerprint density at radius 3 is 2.40 bits per heavy atom. The standard InChI is InChI=1S/C19H18N2O3S/c1-24-15-10-8-13(9-11-15)12-16-17(22)20-19(25-2)21(18(16)23)14-6-4-3-5-7-14/h3-11,22H,12H2,1-2H3. The minimum Gasteiger partial charge on any atom is -0.497 e. The van der Waals surface area contributed by atoms with Gasteiger partial charge in [-0.3, -0.25) is 9.36 Å². The zero-order valence-corrected chi connectivity index (χ0v) is 14.8. The fourth-order valence-electron chi connectivity index (χ4n) is 2.57. The minimum absolute atomic E-state index is 0.225. The van der Waals surface area contributed by atoms with E-state index in [9.17, 15) is 9.90 Å². The van der Waals surface area contributed by atoms with Gasteiger partial charge in [0.2, 0.25) is 5.88 Å². The Balaban J connectivity index is 2.09. The van der Waals surface area contributed by atoms with Crippen molar-refractivity contribution in [2.75, 3.05) is 13.4 Å². The summed E-state index contributed by atoms with van der Waals surface area (Å²) in [4.78, 5) is 17.2. The first-order chi connectivity index (χ1) is 12.1. The third-order valence-electron chi connectivity index (χ3n) is 3.86. The molecular formula is C19H18N2O3S. The Labute approximate surface area is 149 Å². The number of aromatic hydroxyl groups is 1. The number of thioether (sulfide) groups is 1. The van der Waals surface area contributed by atoms with Crippen LogP contribution in [0.5, 0.6) is 11.6 Å². The van der Waals surface area contributed by atoms with Crippen LogP contribution in [0.2, 0.25) is 0 Å². The van der Waals surface area contributed by atoms with Crippen molar-refractivity contribution in [2.24, 2.45) is 0 Å². The molecule has 0 aliphatic rings. The van der Waals surface area contributed by atoms with Crippen molar-refractivity contribution in [3.05, 3.63) is 76.1 Å². The Morgan fingerprint density at radius 2 is 1.80 bits per heavy atom. The minimum atomic E-state index is -0.265. The van der Waals surface area contributed by atoms with E-state index in [0.717, 1.165) is 17.0 Å². The molecule has 0 aliphatic heterocycles. The fourth-order valence-corrected chi connectivity index (χ4v) is 3.12. The van der Waals surface area contributed by atoms with Crippen LogP contribution in [-0.2, 0) is 6.42 Å². The first-order valence-electron chi connectivity index (χ1n) is 7.71. The van der Waals surface area contributed by atoms with Crippen molar-refractivity contribution in [3.8, 4) is 17.3 Å². The molecular weight excluding hydrogens is 336 g/mol. The van der Waals surface area contributed by atoms with Crippen LogP contribution in [-0.4, -0.2) is 28.0 Å². The molecule has 0 saturated carbocycles. The number of nitrogens with zero attached hydrogens (tertiary/aromatic N) is 2. The molecule has 0 atom stereocenters. The smallest absolute Gasteiger partial charge is 0.266 e. The molecule has 2 aromatic carbocycles. The van der Waals surface area contributed by atoms with Crippen LogP contribution in [0, 0.1) is 0 Å². The zero-order chi connectivity index (χ0) is 17.8. The number of hydrogen-bond donors (Lipinski definition) is 1. The van der Waals surface area contributed by atoms with Crippen LogP contribution in [0.4, 0.5) is 0 Å². The van der Waals surface area contributed by atoms with E-state index in [1.807, 2.05) is 60.9 Å². The van der Waals surface area contributed by atoms with E-state index in [2.05, 4.69) is 4.98 Å². The lowest BCUT2D eigenvalue weighted by Crippen LogP contribution is -2.25. The first kappa shape index (κ1) is 17.1. The highest BCUT2D eigenvalue weighted by atomic mass is 32.2. The third-order valence-corrected chi connectivity index (χ3v) is 4.50. The second kappa shape index (κ2) is 7.44. The lowest BCUT2D eigenvalue weighted by atomic mass is 10.1. The van der Waals surface area contributed by atoms with Gasteiger partial charge in [-0.25, -0.2) is 0 Å². The Kier molecular flexibility index (Phi) is 5.09. The summed E-state index contributed by atoms with van der Waals surface area (Å²) in [5.41, 5.74) is 1.62. The quantitative estimate of drug-likeness (QED) is 0.563. The summed E-state index contributed by atoms with van der Waals surface area (Å²) < 4.78 is 6.67. The second-order valence-corrected chi connectivity index (χ2v) is 6.18. The molecule has 0 spiro atoms. The molecule has 128 valence electrons. The van der Waals surface area contributed by atoms with Crippen molar-refractivity contribution < 1.29 is 9.84 Å². The molecule has 1 aromatic heterocycles. The van der Waals surface area contributed by atoms with E-state index in [-0.39, 0.29) is 17.0 Å². The molecule has 1 heterocycles. The van der Waals surface area contributed by atoms with Crippen LogP contribution >= 0.6 is 11.8 Å². The van der Waals surface area contributed by atoms with Crippen molar-refractivity contribution >= 4 is 11.8 Å². The Hall–Kier alpha value is -2.73. The van der Waals surface area contributed by atoms with Crippen LogP contribution in [0.3, 0.4) is 0 Å². The average molecular weight is 354 g/mol. The summed E-state index contributed by atoms with van der Waals surface area (Å²) >= 11 is 1.31. The maximum absolute atomic E-state index is 13.0. The van der Waals surface area contributed by atoms with Crippen LogP contribution in [0.25, 0.3) is 5.69 Å². The highest BCUT2D eigenvalue weighted by Crippen LogP contribution is 2.23. The van der Waals surface area contributed by atoms with Gasteiger partial charge in [0.15, 0.2) is 5.16 Å². The summed E-state index contributed by atoms with van der Waals surface area (Å²) in [7, 11) is 1.60. The van der Waals surface area contributed by atoms with E-state index >= 15 is 0 Å². The molecule has 5 nitrogen and oxygen atoms in total. The van der Waals surface area contributed by atoms with Gasteiger partial charge in [-0.15, -0.1) is 0 Å². The lowest BCUT2D eigenvalue weighted by Gasteiger charge is -2.13. The number of para-hydroxylation sites is 1. The molecule has 0 bridgehead atoms. The van der Waals surface area contributed by atoms with E-state index in [4.69, 9.17) is 4.74 Å². The van der Waals surface area contributed by atoms with E-state index in [1.165, 1.54) is 16.3 Å². The molecule has 1 N–H and O–H groups in total. The SMILES string of the molecule is COc1ccc(Cc2c(O)nc(SC)n(-c3ccccc3)c2=O)cc1. The van der Waals surface area contributed by atoms with Gasteiger partial charge in [0, 0.05) is 6.42 Å². The molecule has 0 fully saturated rings. The molecule has 0 aliphatic carbocycles. The molecule has 3 aromatic rings. The van der Waals surface area contributed by atoms with Crippen molar-refractivity contribution in [1.29, 1.82) is 0 Å². The largest absolute Gasteiger partial charge is 0.497 e. The second-order valence-electron chi connectivity index (χ2n) is 5.40. The fraction of sp³-hybridized carbons (Fsp3) is 0.158. The number of rotatable bonds is 5. The topological polar surface area (TPSA) is 64.3 Å². The zero-order valence-electron chi connectivity index (χ0n) is 14.0. The average Bonchev–Trinajstić information content (AvgIpc) is 2.65. The first-order valence-corrected chi connectivity index (χ1v) is 8.93. The van der Waals surface area contributed by atoms with Crippen LogP contribution in [0.15, 0.2) is 64.5 Å². The molecule has 0 amide bonds. The number of ether oxygens (including phenoxy) is 1. The van der Waals surface area contributed by atoms with Gasteiger partial charge in [0.25, 0.3) is 5.56 Å². The van der Waals surface area contributed by atoms with Crippen molar-refractivity contribution in [2.45, 2.75) is 11.6 Å². The van der Waals surface area contributed by atoms with Crippen molar-refractivity contribution in [1.82, 2.24) is 9.55 Å². The number of benzene rings is 2. The van der Waals surface area contributed by atoms with E-state index in [1.54, 1.807) is 7.11 Å². The summed E-state index contributed by atoms with van der Waals surface area (Å²) in [5.74, 6) is 0.517. The van der Waals surface area contributed by atoms with Gasteiger partial charge in [-0.2, -0.15) is 4.98 Å². The van der Waals surface area contributed by atoms with Gasteiger partial charge in [-0.1, -0.05) is 42.1 Å². The lowest BCUT2D eigenvalue weighted by molar-refractivity contribution is 0.414. The molecule has 0 saturated heterocycles. The Bertz CT molecular complexity index is 922. The highest BCUT2D eigenvalue weighted by molar-refractivity contribution is 7.98. The van der Waals surface area contributed by atoms with Crippen molar-refractivity contribution in [3.63, 3.8) is 0 Å². The normalized spacial score (nSPS) is 10.6. The predicted octanol–water partition coefficient (Wildman–Crippen LogP) is 3.26. The van der Waals surface area contributed by atoms with Gasteiger partial charge in [0.1, 0.15) is 5.75 Å². The molecule has 25 heavy (non-hydrogen) atoms. The molecule has 0 unspecified atom stereocenters. The monoisotopic (exact) mass is 354 g/mol. The van der Waals surface area contributed by atoms with E-state index in [0.29, 0.717) is 11.6 Å². The summed E-state index contributed by atoms with van der Waals surface area (Å²) in [6.07, 6.45) is 2.12. The Morgan fingerprint density at radius 1 is 1.12 bits per heavy atom. The predicted molar refractivity (Wildman–Crippen MR) is 99.1 cm³/mol.